The Morgan fingerprint density at radius 2 is 0.708 bits per heavy atom. The van der Waals surface area contributed by atoms with Crippen LogP contribution in [0.1, 0.15) is 74.9 Å². The molecule has 13 rings (SSSR count). The van der Waals surface area contributed by atoms with E-state index < -0.39 is 0 Å². The Labute approximate surface area is 421 Å². The van der Waals surface area contributed by atoms with E-state index in [9.17, 15) is 0 Å². The molecule has 4 heteroatoms. The van der Waals surface area contributed by atoms with Crippen LogP contribution in [0.4, 0.5) is 34.1 Å². The van der Waals surface area contributed by atoms with E-state index in [1.165, 1.54) is 66.1 Å². The normalized spacial score (nSPS) is 12.6. The van der Waals surface area contributed by atoms with Crippen LogP contribution in [-0.4, -0.2) is 0 Å². The van der Waals surface area contributed by atoms with Crippen LogP contribution in [0.25, 0.3) is 87.7 Å². The molecule has 1 aliphatic rings. The van der Waals surface area contributed by atoms with E-state index in [2.05, 4.69) is 249 Å². The number of rotatable bonds is 6. The van der Waals surface area contributed by atoms with Crippen LogP contribution in [0.3, 0.4) is 0 Å². The molecule has 2 heterocycles. The van der Waals surface area contributed by atoms with Crippen molar-refractivity contribution in [2.24, 2.45) is 0 Å². The molecular weight excluding hydrogens is 877 g/mol. The molecule has 0 amide bonds. The molecule has 4 nitrogen and oxygen atoms in total. The number of hydrogen-bond acceptors (Lipinski definition) is 4. The van der Waals surface area contributed by atoms with Gasteiger partial charge in [0, 0.05) is 44.3 Å². The first kappa shape index (κ1) is 43.9. The number of hydrogen-bond donors (Lipinski definition) is 0. The lowest BCUT2D eigenvalue weighted by molar-refractivity contribution is 0.590. The molecule has 0 aliphatic heterocycles. The van der Waals surface area contributed by atoms with Crippen LogP contribution in [-0.2, 0) is 10.8 Å². The minimum atomic E-state index is -0.0288. The van der Waals surface area contributed by atoms with Crippen molar-refractivity contribution in [1.82, 2.24) is 0 Å². The third-order valence-electron chi connectivity index (χ3n) is 15.5. The minimum Gasteiger partial charge on any atom is -0.454 e. The summed E-state index contributed by atoms with van der Waals surface area (Å²) in [4.78, 5) is 4.89. The highest BCUT2D eigenvalue weighted by molar-refractivity contribution is 6.15. The molecule has 0 saturated carbocycles. The van der Waals surface area contributed by atoms with Gasteiger partial charge in [-0.05, 0) is 189 Å². The predicted octanol–water partition coefficient (Wildman–Crippen LogP) is 20.2. The standard InChI is InChI=1S/C68H58N2O2/c1-39-19-25-47(67(5,6)7)37-59(39)69(63-41(3)21-29-53-51-15-11-13-17-61(51)71-65(53)63)49-27-23-43-33-55-57(35-45(43)31-49)56-34-44-24-28-50(32-46(44)36-58(55)56)70(60-38-48(68(8,9)10)26-20-40(60)2)64-42(4)22-30-54-52-16-12-14-18-62(52)72-66(54)64/h11-38H,1-10H3. The smallest absolute Gasteiger partial charge is 0.159 e. The molecular formula is C68H58N2O2. The summed E-state index contributed by atoms with van der Waals surface area (Å²) in [5, 5.41) is 9.33. The van der Waals surface area contributed by atoms with Crippen LogP contribution >= 0.6 is 0 Å². The van der Waals surface area contributed by atoms with Crippen molar-refractivity contribution in [3.05, 3.63) is 203 Å². The Kier molecular flexibility index (Phi) is 9.58. The minimum absolute atomic E-state index is 0.0288. The van der Waals surface area contributed by atoms with Crippen molar-refractivity contribution in [2.45, 2.75) is 80.1 Å². The summed E-state index contributed by atoms with van der Waals surface area (Å²) in [5.74, 6) is 0. The molecule has 0 atom stereocenters. The SMILES string of the molecule is Cc1ccc(C(C)(C)C)cc1N(c1ccc2cc3c(cc2c1)-c1cc2ccc(N(c4cc(C(C)(C)C)ccc4C)c4c(C)ccc5c4oc4ccccc45)cc2cc1-3)c1c(C)ccc2c1oc1ccccc12. The Bertz CT molecular complexity index is 3960. The average Bonchev–Trinajstić information content (AvgIpc) is 3.93. The molecule has 0 fully saturated rings. The van der Waals surface area contributed by atoms with Crippen LogP contribution < -0.4 is 9.80 Å². The fraction of sp³-hybridized carbons (Fsp3) is 0.176. The van der Waals surface area contributed by atoms with Crippen molar-refractivity contribution in [1.29, 1.82) is 0 Å². The molecule has 72 heavy (non-hydrogen) atoms. The molecule has 0 spiro atoms. The molecule has 0 saturated heterocycles. The van der Waals surface area contributed by atoms with Gasteiger partial charge in [0.1, 0.15) is 11.2 Å². The molecule has 352 valence electrons. The summed E-state index contributed by atoms with van der Waals surface area (Å²) in [6, 6.07) is 63.1. The van der Waals surface area contributed by atoms with E-state index in [0.29, 0.717) is 0 Å². The van der Waals surface area contributed by atoms with Crippen molar-refractivity contribution >= 4 is 99.5 Å². The van der Waals surface area contributed by atoms with Crippen LogP contribution in [0.2, 0.25) is 0 Å². The summed E-state index contributed by atoms with van der Waals surface area (Å²) in [6.45, 7) is 22.6. The van der Waals surface area contributed by atoms with Gasteiger partial charge in [0.2, 0.25) is 0 Å². The summed E-state index contributed by atoms with van der Waals surface area (Å²) >= 11 is 0. The second kappa shape index (κ2) is 15.7. The number of anilines is 6. The van der Waals surface area contributed by atoms with Crippen molar-refractivity contribution in [3.63, 3.8) is 0 Å². The maximum absolute atomic E-state index is 6.80. The van der Waals surface area contributed by atoms with Gasteiger partial charge in [-0.3, -0.25) is 0 Å². The molecule has 0 unspecified atom stereocenters. The fourth-order valence-corrected chi connectivity index (χ4v) is 11.4. The van der Waals surface area contributed by atoms with Crippen molar-refractivity contribution in [3.8, 4) is 22.3 Å². The molecule has 1 aliphatic carbocycles. The van der Waals surface area contributed by atoms with E-state index >= 15 is 0 Å². The largest absolute Gasteiger partial charge is 0.454 e. The molecule has 0 N–H and O–H groups in total. The first-order valence-corrected chi connectivity index (χ1v) is 25.4. The molecule has 10 aromatic carbocycles. The van der Waals surface area contributed by atoms with Crippen LogP contribution in [0.5, 0.6) is 0 Å². The number of para-hydroxylation sites is 2. The Morgan fingerprint density at radius 1 is 0.333 bits per heavy atom. The monoisotopic (exact) mass is 934 g/mol. The zero-order valence-corrected chi connectivity index (χ0v) is 42.9. The number of fused-ring (bicyclic) bond motifs is 12. The number of aryl methyl sites for hydroxylation is 4. The highest BCUT2D eigenvalue weighted by atomic mass is 16.3. The van der Waals surface area contributed by atoms with Gasteiger partial charge < -0.3 is 18.6 Å². The molecule has 0 radical (unpaired) electrons. The average molecular weight is 935 g/mol. The number of furan rings is 2. The third kappa shape index (κ3) is 6.79. The number of benzene rings is 10. The summed E-state index contributed by atoms with van der Waals surface area (Å²) in [7, 11) is 0. The second-order valence-corrected chi connectivity index (χ2v) is 22.4. The quantitative estimate of drug-likeness (QED) is 0.166. The van der Waals surface area contributed by atoms with Crippen LogP contribution in [0.15, 0.2) is 179 Å². The van der Waals surface area contributed by atoms with Gasteiger partial charge >= 0.3 is 0 Å². The fourth-order valence-electron chi connectivity index (χ4n) is 11.4. The van der Waals surface area contributed by atoms with Crippen molar-refractivity contribution in [2.75, 3.05) is 9.80 Å². The molecule has 0 bridgehead atoms. The van der Waals surface area contributed by atoms with E-state index in [0.717, 1.165) is 89.1 Å². The second-order valence-electron chi connectivity index (χ2n) is 22.4. The Balaban J connectivity index is 0.949. The maximum atomic E-state index is 6.80. The summed E-state index contributed by atoms with van der Waals surface area (Å²) in [6.07, 6.45) is 0. The lowest BCUT2D eigenvalue weighted by Crippen LogP contribution is -2.16. The summed E-state index contributed by atoms with van der Waals surface area (Å²) < 4.78 is 13.6. The lowest BCUT2D eigenvalue weighted by atomic mass is 9.78. The van der Waals surface area contributed by atoms with Gasteiger partial charge in [-0.15, -0.1) is 0 Å². The zero-order chi connectivity index (χ0) is 49.5. The third-order valence-corrected chi connectivity index (χ3v) is 15.5. The molecule has 12 aromatic rings. The zero-order valence-electron chi connectivity index (χ0n) is 42.9. The van der Waals surface area contributed by atoms with Gasteiger partial charge in [0.05, 0.1) is 11.4 Å². The first-order valence-electron chi connectivity index (χ1n) is 25.4. The van der Waals surface area contributed by atoms with E-state index in [1.54, 1.807) is 0 Å². The summed E-state index contributed by atoms with van der Waals surface area (Å²) in [5.41, 5.74) is 22.6. The van der Waals surface area contributed by atoms with Gasteiger partial charge in [-0.1, -0.05) is 139 Å². The van der Waals surface area contributed by atoms with Gasteiger partial charge in [0.15, 0.2) is 11.2 Å². The predicted molar refractivity (Wildman–Crippen MR) is 306 cm³/mol. The van der Waals surface area contributed by atoms with Crippen molar-refractivity contribution < 1.29 is 8.83 Å². The molecule has 2 aromatic heterocycles. The maximum Gasteiger partial charge on any atom is 0.159 e. The van der Waals surface area contributed by atoms with Gasteiger partial charge in [0.25, 0.3) is 0 Å². The highest BCUT2D eigenvalue weighted by Gasteiger charge is 2.29. The first-order chi connectivity index (χ1) is 34.6. The van der Waals surface area contributed by atoms with E-state index in [-0.39, 0.29) is 10.8 Å². The van der Waals surface area contributed by atoms with E-state index in [4.69, 9.17) is 8.83 Å². The van der Waals surface area contributed by atoms with Gasteiger partial charge in [-0.2, -0.15) is 0 Å². The van der Waals surface area contributed by atoms with Gasteiger partial charge in [-0.25, -0.2) is 0 Å². The van der Waals surface area contributed by atoms with Crippen LogP contribution in [0, 0.1) is 27.7 Å². The lowest BCUT2D eigenvalue weighted by Gasteiger charge is -2.31. The Morgan fingerprint density at radius 3 is 1.11 bits per heavy atom. The van der Waals surface area contributed by atoms with E-state index in [1.807, 2.05) is 0 Å². The highest BCUT2D eigenvalue weighted by Crippen LogP contribution is 2.53. The number of nitrogens with zero attached hydrogens (tertiary/aromatic N) is 2. The topological polar surface area (TPSA) is 32.8 Å². The Hall–Kier alpha value is -8.08.